The SMILES string of the molecule is CN=C(NCCN1CCN(C(=O)C2CCC2)CC1)NCC1CC1.I. The van der Waals surface area contributed by atoms with Crippen LogP contribution in [-0.4, -0.2) is 74.5 Å². The van der Waals surface area contributed by atoms with E-state index in [0.29, 0.717) is 11.8 Å². The number of aliphatic imine (C=N–C) groups is 1. The molecule has 0 spiro atoms. The molecule has 3 fully saturated rings. The zero-order valence-electron chi connectivity index (χ0n) is 14.8. The first kappa shape index (κ1) is 19.8. The van der Waals surface area contributed by atoms with Crippen LogP contribution in [0.25, 0.3) is 0 Å². The van der Waals surface area contributed by atoms with Gasteiger partial charge in [0.2, 0.25) is 5.91 Å². The molecule has 2 saturated carbocycles. The van der Waals surface area contributed by atoms with Crippen molar-refractivity contribution >= 4 is 35.8 Å². The zero-order chi connectivity index (χ0) is 16.1. The van der Waals surface area contributed by atoms with Crippen LogP contribution < -0.4 is 10.6 Å². The average Bonchev–Trinajstić information content (AvgIpc) is 3.34. The van der Waals surface area contributed by atoms with Crippen LogP contribution in [-0.2, 0) is 4.79 Å². The normalized spacial score (nSPS) is 22.5. The third kappa shape index (κ3) is 5.75. The van der Waals surface area contributed by atoms with Gasteiger partial charge in [-0.15, -0.1) is 24.0 Å². The lowest BCUT2D eigenvalue weighted by molar-refractivity contribution is -0.139. The van der Waals surface area contributed by atoms with Gasteiger partial charge in [0.1, 0.15) is 0 Å². The quantitative estimate of drug-likeness (QED) is 0.363. The van der Waals surface area contributed by atoms with Crippen LogP contribution in [0.5, 0.6) is 0 Å². The molecule has 0 unspecified atom stereocenters. The van der Waals surface area contributed by atoms with Gasteiger partial charge in [0.25, 0.3) is 0 Å². The molecule has 1 amide bonds. The molecule has 2 N–H and O–H groups in total. The number of carbonyl (C=O) groups is 1. The minimum atomic E-state index is 0. The highest BCUT2D eigenvalue weighted by Gasteiger charge is 2.31. The Hall–Kier alpha value is -0.570. The molecule has 6 nitrogen and oxygen atoms in total. The maximum atomic E-state index is 12.2. The van der Waals surface area contributed by atoms with Crippen LogP contribution >= 0.6 is 24.0 Å². The summed E-state index contributed by atoms with van der Waals surface area (Å²) in [6.45, 7) is 6.73. The monoisotopic (exact) mass is 449 g/mol. The lowest BCUT2D eigenvalue weighted by atomic mass is 9.84. The van der Waals surface area contributed by atoms with E-state index in [9.17, 15) is 4.79 Å². The van der Waals surface area contributed by atoms with Crippen molar-refractivity contribution in [3.05, 3.63) is 0 Å². The average molecular weight is 449 g/mol. The largest absolute Gasteiger partial charge is 0.356 e. The van der Waals surface area contributed by atoms with Crippen LogP contribution in [0.2, 0.25) is 0 Å². The number of carbonyl (C=O) groups excluding carboxylic acids is 1. The lowest BCUT2D eigenvalue weighted by Gasteiger charge is -2.38. The summed E-state index contributed by atoms with van der Waals surface area (Å²) < 4.78 is 0. The highest BCUT2D eigenvalue weighted by atomic mass is 127. The first-order valence-electron chi connectivity index (χ1n) is 9.22. The number of rotatable bonds is 6. The maximum absolute atomic E-state index is 12.2. The third-order valence-electron chi connectivity index (χ3n) is 5.34. The summed E-state index contributed by atoms with van der Waals surface area (Å²) in [5.41, 5.74) is 0. The van der Waals surface area contributed by atoms with Crippen LogP contribution in [0.1, 0.15) is 32.1 Å². The molecule has 0 aromatic carbocycles. The number of amides is 1. The van der Waals surface area contributed by atoms with Crippen LogP contribution in [0.15, 0.2) is 4.99 Å². The van der Waals surface area contributed by atoms with Crippen molar-refractivity contribution in [1.82, 2.24) is 20.4 Å². The van der Waals surface area contributed by atoms with E-state index in [1.807, 2.05) is 7.05 Å². The number of halogens is 1. The zero-order valence-corrected chi connectivity index (χ0v) is 17.1. The fourth-order valence-corrected chi connectivity index (χ4v) is 3.22. The molecule has 0 atom stereocenters. The van der Waals surface area contributed by atoms with E-state index in [0.717, 1.165) is 70.5 Å². The molecule has 0 aromatic rings. The molecule has 24 heavy (non-hydrogen) atoms. The molecule has 0 aromatic heterocycles. The summed E-state index contributed by atoms with van der Waals surface area (Å²) in [7, 11) is 1.83. The van der Waals surface area contributed by atoms with Crippen molar-refractivity contribution < 1.29 is 4.79 Å². The van der Waals surface area contributed by atoms with Gasteiger partial charge in [0.05, 0.1) is 0 Å². The van der Waals surface area contributed by atoms with Crippen LogP contribution in [0.3, 0.4) is 0 Å². The summed E-state index contributed by atoms with van der Waals surface area (Å²) >= 11 is 0. The number of hydrogen-bond donors (Lipinski definition) is 2. The molecule has 7 heteroatoms. The minimum absolute atomic E-state index is 0. The van der Waals surface area contributed by atoms with Crippen molar-refractivity contribution in [1.29, 1.82) is 0 Å². The van der Waals surface area contributed by atoms with E-state index in [-0.39, 0.29) is 24.0 Å². The van der Waals surface area contributed by atoms with Crippen molar-refractivity contribution in [3.63, 3.8) is 0 Å². The molecule has 2 aliphatic carbocycles. The van der Waals surface area contributed by atoms with Gasteiger partial charge in [0, 0.05) is 58.8 Å². The Bertz CT molecular complexity index is 429. The summed E-state index contributed by atoms with van der Waals surface area (Å²) in [4.78, 5) is 21.0. The van der Waals surface area contributed by atoms with Crippen molar-refractivity contribution in [2.75, 3.05) is 52.9 Å². The molecular formula is C17H32IN5O. The van der Waals surface area contributed by atoms with Gasteiger partial charge >= 0.3 is 0 Å². The Morgan fingerprint density at radius 2 is 1.79 bits per heavy atom. The molecule has 1 aliphatic heterocycles. The van der Waals surface area contributed by atoms with E-state index in [4.69, 9.17) is 0 Å². The number of guanidine groups is 1. The molecule has 3 aliphatic rings. The van der Waals surface area contributed by atoms with Gasteiger partial charge in [-0.1, -0.05) is 6.42 Å². The van der Waals surface area contributed by atoms with Crippen molar-refractivity contribution in [3.8, 4) is 0 Å². The standard InChI is InChI=1S/C17H31N5O.HI/c1-18-17(20-13-14-5-6-14)19-7-8-21-9-11-22(12-10-21)16(23)15-3-2-4-15;/h14-15H,2-13H2,1H3,(H2,18,19,20);1H. The predicted octanol–water partition coefficient (Wildman–Crippen LogP) is 1.12. The summed E-state index contributed by atoms with van der Waals surface area (Å²) in [5.74, 6) is 2.51. The summed E-state index contributed by atoms with van der Waals surface area (Å²) in [5, 5.41) is 6.77. The first-order valence-corrected chi connectivity index (χ1v) is 9.22. The van der Waals surface area contributed by atoms with E-state index < -0.39 is 0 Å². The molecule has 0 radical (unpaired) electrons. The fourth-order valence-electron chi connectivity index (χ4n) is 3.22. The van der Waals surface area contributed by atoms with Crippen LogP contribution in [0, 0.1) is 11.8 Å². The van der Waals surface area contributed by atoms with Gasteiger partial charge in [-0.3, -0.25) is 14.7 Å². The second kappa shape index (κ2) is 9.79. The number of nitrogens with one attached hydrogen (secondary N) is 2. The minimum Gasteiger partial charge on any atom is -0.356 e. The molecule has 1 heterocycles. The number of hydrogen-bond acceptors (Lipinski definition) is 3. The highest BCUT2D eigenvalue weighted by molar-refractivity contribution is 14.0. The van der Waals surface area contributed by atoms with Crippen LogP contribution in [0.4, 0.5) is 0 Å². The Balaban J connectivity index is 0.00000208. The Morgan fingerprint density at radius 1 is 1.08 bits per heavy atom. The van der Waals surface area contributed by atoms with Gasteiger partial charge in [-0.25, -0.2) is 0 Å². The van der Waals surface area contributed by atoms with E-state index in [1.54, 1.807) is 0 Å². The highest BCUT2D eigenvalue weighted by Crippen LogP contribution is 2.28. The Kier molecular flexibility index (Phi) is 8.06. The van der Waals surface area contributed by atoms with E-state index in [1.165, 1.54) is 19.3 Å². The predicted molar refractivity (Wildman–Crippen MR) is 108 cm³/mol. The van der Waals surface area contributed by atoms with Crippen molar-refractivity contribution in [2.24, 2.45) is 16.8 Å². The smallest absolute Gasteiger partial charge is 0.225 e. The van der Waals surface area contributed by atoms with E-state index >= 15 is 0 Å². The first-order chi connectivity index (χ1) is 11.3. The van der Waals surface area contributed by atoms with Crippen molar-refractivity contribution in [2.45, 2.75) is 32.1 Å². The molecule has 0 bridgehead atoms. The Morgan fingerprint density at radius 3 is 2.33 bits per heavy atom. The Labute approximate surface area is 162 Å². The second-order valence-corrected chi connectivity index (χ2v) is 7.12. The number of piperazine rings is 1. The molecule has 138 valence electrons. The number of nitrogens with zero attached hydrogens (tertiary/aromatic N) is 3. The summed E-state index contributed by atoms with van der Waals surface area (Å²) in [6, 6.07) is 0. The van der Waals surface area contributed by atoms with Gasteiger partial charge in [-0.05, 0) is 31.6 Å². The van der Waals surface area contributed by atoms with Gasteiger partial charge in [0.15, 0.2) is 5.96 Å². The topological polar surface area (TPSA) is 60.0 Å². The van der Waals surface area contributed by atoms with E-state index in [2.05, 4.69) is 25.4 Å². The van der Waals surface area contributed by atoms with Gasteiger partial charge in [-0.2, -0.15) is 0 Å². The third-order valence-corrected chi connectivity index (χ3v) is 5.34. The molecule has 3 rings (SSSR count). The molecular weight excluding hydrogens is 417 g/mol. The van der Waals surface area contributed by atoms with Gasteiger partial charge < -0.3 is 15.5 Å². The summed E-state index contributed by atoms with van der Waals surface area (Å²) in [6.07, 6.45) is 6.16. The molecule has 1 saturated heterocycles. The maximum Gasteiger partial charge on any atom is 0.225 e. The lowest BCUT2D eigenvalue weighted by Crippen LogP contribution is -2.52. The second-order valence-electron chi connectivity index (χ2n) is 7.12. The fraction of sp³-hybridized carbons (Fsp3) is 0.882.